The zero-order valence-corrected chi connectivity index (χ0v) is 22.8. The van der Waals surface area contributed by atoms with E-state index in [9.17, 15) is 0 Å². The molecule has 0 aliphatic heterocycles. The van der Waals surface area contributed by atoms with Crippen molar-refractivity contribution < 1.29 is 0 Å². The van der Waals surface area contributed by atoms with Crippen molar-refractivity contribution in [3.63, 3.8) is 0 Å². The quantitative estimate of drug-likeness (QED) is 0.226. The SMILES string of the molecule is c1ccc(-c2c3c(c(-c4ccccc4)c4ccccc24)-c2ccc(-c4ccc5nccnc5c4)c4cccc-3c24)cc1. The number of nitrogens with zero attached hydrogens (tertiary/aromatic N) is 2. The number of hydrogen-bond acceptors (Lipinski definition) is 2. The third kappa shape index (κ3) is 3.27. The van der Waals surface area contributed by atoms with Gasteiger partial charge in [0.2, 0.25) is 0 Å². The van der Waals surface area contributed by atoms with Crippen LogP contribution in [0.4, 0.5) is 0 Å². The fourth-order valence-electron chi connectivity index (χ4n) is 6.99. The number of benzene rings is 7. The number of fused-ring (bicyclic) bond motifs is 5. The summed E-state index contributed by atoms with van der Waals surface area (Å²) in [5.41, 5.74) is 14.5. The average molecular weight is 533 g/mol. The van der Waals surface area contributed by atoms with Gasteiger partial charge in [-0.05, 0) is 89.3 Å². The first-order chi connectivity index (χ1) is 20.9. The van der Waals surface area contributed by atoms with Crippen LogP contribution in [-0.4, -0.2) is 9.97 Å². The molecule has 0 fully saturated rings. The van der Waals surface area contributed by atoms with Gasteiger partial charge in [-0.1, -0.05) is 121 Å². The van der Waals surface area contributed by atoms with Crippen molar-refractivity contribution in [3.05, 3.63) is 146 Å². The lowest BCUT2D eigenvalue weighted by Crippen LogP contribution is -1.93. The van der Waals surface area contributed by atoms with E-state index in [1.807, 2.05) is 0 Å². The summed E-state index contributed by atoms with van der Waals surface area (Å²) in [7, 11) is 0. The van der Waals surface area contributed by atoms with E-state index in [4.69, 9.17) is 0 Å². The summed E-state index contributed by atoms with van der Waals surface area (Å²) in [4.78, 5) is 9.07. The second-order valence-corrected chi connectivity index (χ2v) is 10.9. The van der Waals surface area contributed by atoms with Gasteiger partial charge in [0.25, 0.3) is 0 Å². The van der Waals surface area contributed by atoms with E-state index < -0.39 is 0 Å². The molecule has 0 amide bonds. The highest BCUT2D eigenvalue weighted by molar-refractivity contribution is 6.28. The molecule has 0 atom stereocenters. The van der Waals surface area contributed by atoms with Crippen molar-refractivity contribution in [2.75, 3.05) is 0 Å². The van der Waals surface area contributed by atoms with Crippen molar-refractivity contribution in [3.8, 4) is 55.6 Å². The Bertz CT molecular complexity index is 2250. The van der Waals surface area contributed by atoms with E-state index in [1.54, 1.807) is 12.4 Å². The maximum Gasteiger partial charge on any atom is 0.0892 e. The summed E-state index contributed by atoms with van der Waals surface area (Å²) in [6.07, 6.45) is 3.51. The van der Waals surface area contributed by atoms with Gasteiger partial charge in [-0.2, -0.15) is 0 Å². The average Bonchev–Trinajstić information content (AvgIpc) is 3.39. The highest BCUT2D eigenvalue weighted by atomic mass is 14.8. The van der Waals surface area contributed by atoms with Crippen molar-refractivity contribution in [2.45, 2.75) is 0 Å². The third-order valence-electron chi connectivity index (χ3n) is 8.70. The Morgan fingerprint density at radius 2 is 0.881 bits per heavy atom. The number of rotatable bonds is 3. The summed E-state index contributed by atoms with van der Waals surface area (Å²) in [6, 6.07) is 48.5. The Kier molecular flexibility index (Phi) is 4.93. The molecule has 8 aromatic rings. The van der Waals surface area contributed by atoms with Crippen LogP contribution in [0.25, 0.3) is 88.2 Å². The predicted molar refractivity (Wildman–Crippen MR) is 175 cm³/mol. The Hall–Kier alpha value is -5.60. The maximum atomic E-state index is 4.59. The van der Waals surface area contributed by atoms with E-state index >= 15 is 0 Å². The van der Waals surface area contributed by atoms with Crippen LogP contribution in [0, 0.1) is 0 Å². The van der Waals surface area contributed by atoms with Crippen LogP contribution in [0.1, 0.15) is 0 Å². The van der Waals surface area contributed by atoms with Gasteiger partial charge in [-0.3, -0.25) is 9.97 Å². The molecule has 1 aromatic heterocycles. The van der Waals surface area contributed by atoms with E-state index in [-0.39, 0.29) is 0 Å². The van der Waals surface area contributed by atoms with E-state index in [0.717, 1.165) is 16.6 Å². The highest BCUT2D eigenvalue weighted by Crippen LogP contribution is 2.58. The maximum absolute atomic E-state index is 4.59. The topological polar surface area (TPSA) is 25.8 Å². The second kappa shape index (κ2) is 8.95. The first-order valence-corrected chi connectivity index (χ1v) is 14.3. The van der Waals surface area contributed by atoms with Crippen LogP contribution < -0.4 is 0 Å². The highest BCUT2D eigenvalue weighted by Gasteiger charge is 2.31. The van der Waals surface area contributed by atoms with Crippen LogP contribution in [0.5, 0.6) is 0 Å². The molecule has 1 aliphatic rings. The van der Waals surface area contributed by atoms with Crippen LogP contribution in [0.3, 0.4) is 0 Å². The second-order valence-electron chi connectivity index (χ2n) is 10.9. The van der Waals surface area contributed by atoms with Gasteiger partial charge in [0, 0.05) is 12.4 Å². The fourth-order valence-corrected chi connectivity index (χ4v) is 6.99. The van der Waals surface area contributed by atoms with E-state index in [2.05, 4.69) is 143 Å². The Morgan fingerprint density at radius 3 is 1.55 bits per heavy atom. The molecule has 0 radical (unpaired) electrons. The Labute approximate surface area is 243 Å². The Morgan fingerprint density at radius 1 is 0.333 bits per heavy atom. The van der Waals surface area contributed by atoms with Gasteiger partial charge < -0.3 is 0 Å². The first kappa shape index (κ1) is 23.1. The Balaban J connectivity index is 1.44. The molecule has 9 rings (SSSR count). The monoisotopic (exact) mass is 532 g/mol. The van der Waals surface area contributed by atoms with Crippen molar-refractivity contribution in [2.24, 2.45) is 0 Å². The van der Waals surface area contributed by atoms with Gasteiger partial charge in [-0.15, -0.1) is 0 Å². The smallest absolute Gasteiger partial charge is 0.0892 e. The van der Waals surface area contributed by atoms with E-state index in [0.29, 0.717) is 0 Å². The lowest BCUT2D eigenvalue weighted by atomic mass is 9.82. The van der Waals surface area contributed by atoms with Gasteiger partial charge in [0.15, 0.2) is 0 Å². The summed E-state index contributed by atoms with van der Waals surface area (Å²) < 4.78 is 0. The standard InChI is InChI=1S/C40H24N2/c1-3-10-25(11-4-1)36-30-14-7-8-15-31(30)37(26-12-5-2-6-13-26)40-33-20-19-28(29-16-9-17-32(38(29)33)39(36)40)27-18-21-34-35(24-27)42-23-22-41-34/h1-24H. The molecular weight excluding hydrogens is 508 g/mol. The van der Waals surface area contributed by atoms with Gasteiger partial charge >= 0.3 is 0 Å². The van der Waals surface area contributed by atoms with Gasteiger partial charge in [0.05, 0.1) is 11.0 Å². The minimum absolute atomic E-state index is 0.908. The lowest BCUT2D eigenvalue weighted by Gasteiger charge is -2.20. The molecule has 0 bridgehead atoms. The molecular formula is C40H24N2. The molecule has 2 heteroatoms. The fraction of sp³-hybridized carbons (Fsp3) is 0. The molecule has 0 saturated carbocycles. The number of aromatic nitrogens is 2. The zero-order chi connectivity index (χ0) is 27.6. The molecule has 0 N–H and O–H groups in total. The van der Waals surface area contributed by atoms with Crippen molar-refractivity contribution in [1.29, 1.82) is 0 Å². The molecule has 7 aromatic carbocycles. The van der Waals surface area contributed by atoms with Crippen LogP contribution in [-0.2, 0) is 0 Å². The molecule has 1 aliphatic carbocycles. The van der Waals surface area contributed by atoms with E-state index in [1.165, 1.54) is 71.6 Å². The summed E-state index contributed by atoms with van der Waals surface area (Å²) >= 11 is 0. The molecule has 194 valence electrons. The third-order valence-corrected chi connectivity index (χ3v) is 8.70. The number of hydrogen-bond donors (Lipinski definition) is 0. The molecule has 0 saturated heterocycles. The molecule has 1 heterocycles. The largest absolute Gasteiger partial charge is 0.253 e. The van der Waals surface area contributed by atoms with Gasteiger partial charge in [-0.25, -0.2) is 0 Å². The molecule has 2 nitrogen and oxygen atoms in total. The molecule has 0 spiro atoms. The summed E-state index contributed by atoms with van der Waals surface area (Å²) in [5.74, 6) is 0. The lowest BCUT2D eigenvalue weighted by molar-refractivity contribution is 1.29. The van der Waals surface area contributed by atoms with Crippen molar-refractivity contribution >= 4 is 32.6 Å². The zero-order valence-electron chi connectivity index (χ0n) is 22.8. The van der Waals surface area contributed by atoms with Crippen molar-refractivity contribution in [1.82, 2.24) is 9.97 Å². The normalized spacial score (nSPS) is 11.8. The first-order valence-electron chi connectivity index (χ1n) is 14.3. The van der Waals surface area contributed by atoms with Crippen LogP contribution >= 0.6 is 0 Å². The minimum Gasteiger partial charge on any atom is -0.253 e. The molecule has 0 unspecified atom stereocenters. The summed E-state index contributed by atoms with van der Waals surface area (Å²) in [6.45, 7) is 0. The predicted octanol–water partition coefficient (Wildman–Crippen LogP) is 10.6. The molecule has 42 heavy (non-hydrogen) atoms. The van der Waals surface area contributed by atoms with Crippen LogP contribution in [0.2, 0.25) is 0 Å². The van der Waals surface area contributed by atoms with Crippen LogP contribution in [0.15, 0.2) is 146 Å². The van der Waals surface area contributed by atoms with Gasteiger partial charge in [0.1, 0.15) is 0 Å². The minimum atomic E-state index is 0.908. The summed E-state index contributed by atoms with van der Waals surface area (Å²) in [5, 5.41) is 5.12.